The van der Waals surface area contributed by atoms with E-state index in [-0.39, 0.29) is 17.5 Å². The first kappa shape index (κ1) is 22.2. The maximum atomic E-state index is 15.2. The molecule has 2 saturated heterocycles. The molecule has 2 bridgehead atoms. The highest BCUT2D eigenvalue weighted by molar-refractivity contribution is 5.95. The van der Waals surface area contributed by atoms with Gasteiger partial charge in [0.15, 0.2) is 0 Å². The predicted molar refractivity (Wildman–Crippen MR) is 130 cm³/mol. The van der Waals surface area contributed by atoms with E-state index in [0.717, 1.165) is 41.0 Å². The SMILES string of the molecule is CCc1nccc(-c2ccc(C(=O)N3C[C@@H]4CC3CN4C)c(F)c2)c1C#Cc1ccc(C)nc1. The number of amides is 1. The van der Waals surface area contributed by atoms with Gasteiger partial charge in [-0.25, -0.2) is 4.39 Å². The largest absolute Gasteiger partial charge is 0.333 e. The van der Waals surface area contributed by atoms with Crippen molar-refractivity contribution in [3.8, 4) is 23.0 Å². The van der Waals surface area contributed by atoms with Crippen LogP contribution in [-0.4, -0.2) is 57.9 Å². The number of halogens is 1. The molecule has 0 saturated carbocycles. The lowest BCUT2D eigenvalue weighted by atomic mass is 9.96. The maximum absolute atomic E-state index is 15.2. The highest BCUT2D eigenvalue weighted by Crippen LogP contribution is 2.32. The van der Waals surface area contributed by atoms with E-state index in [1.807, 2.05) is 43.0 Å². The van der Waals surface area contributed by atoms with Crippen LogP contribution >= 0.6 is 0 Å². The van der Waals surface area contributed by atoms with E-state index in [0.29, 0.717) is 24.6 Å². The van der Waals surface area contributed by atoms with Gasteiger partial charge in [0.25, 0.3) is 5.91 Å². The molecule has 0 N–H and O–H groups in total. The van der Waals surface area contributed by atoms with Gasteiger partial charge < -0.3 is 4.90 Å². The summed E-state index contributed by atoms with van der Waals surface area (Å²) < 4.78 is 15.2. The molecule has 2 aromatic heterocycles. The summed E-state index contributed by atoms with van der Waals surface area (Å²) in [7, 11) is 2.08. The van der Waals surface area contributed by atoms with Crippen LogP contribution in [0.2, 0.25) is 0 Å². The van der Waals surface area contributed by atoms with Crippen molar-refractivity contribution < 1.29 is 9.18 Å². The van der Waals surface area contributed by atoms with Gasteiger partial charge in [0.05, 0.1) is 16.8 Å². The molecule has 0 radical (unpaired) electrons. The number of aryl methyl sites for hydroxylation is 2. The van der Waals surface area contributed by atoms with E-state index in [2.05, 4.69) is 33.8 Å². The van der Waals surface area contributed by atoms with E-state index in [1.54, 1.807) is 18.5 Å². The van der Waals surface area contributed by atoms with Gasteiger partial charge in [0.2, 0.25) is 0 Å². The van der Waals surface area contributed by atoms with E-state index in [9.17, 15) is 4.79 Å². The molecular weight excluding hydrogens is 427 g/mol. The Kier molecular flexibility index (Phi) is 5.89. The maximum Gasteiger partial charge on any atom is 0.257 e. The number of nitrogens with zero attached hydrogens (tertiary/aromatic N) is 4. The van der Waals surface area contributed by atoms with Crippen LogP contribution in [0.4, 0.5) is 4.39 Å². The molecule has 0 spiro atoms. The highest BCUT2D eigenvalue weighted by Gasteiger charge is 2.44. The number of hydrogen-bond acceptors (Lipinski definition) is 4. The van der Waals surface area contributed by atoms with E-state index < -0.39 is 5.82 Å². The third-order valence-electron chi connectivity index (χ3n) is 6.89. The number of carbonyl (C=O) groups excluding carboxylic acids is 1. The average Bonchev–Trinajstić information content (AvgIpc) is 3.42. The third-order valence-corrected chi connectivity index (χ3v) is 6.89. The summed E-state index contributed by atoms with van der Waals surface area (Å²) in [6.45, 7) is 5.47. The fourth-order valence-corrected chi connectivity index (χ4v) is 4.96. The summed E-state index contributed by atoms with van der Waals surface area (Å²) in [5.74, 6) is 5.67. The van der Waals surface area contributed by atoms with Crippen LogP contribution in [0.1, 0.15) is 46.2 Å². The zero-order valence-corrected chi connectivity index (χ0v) is 19.7. The summed E-state index contributed by atoms with van der Waals surface area (Å²) in [5, 5.41) is 0. The van der Waals surface area contributed by atoms with Crippen LogP contribution < -0.4 is 0 Å². The molecule has 6 heteroatoms. The minimum Gasteiger partial charge on any atom is -0.333 e. The molecule has 172 valence electrons. The van der Waals surface area contributed by atoms with Crippen LogP contribution in [0.15, 0.2) is 48.8 Å². The molecule has 34 heavy (non-hydrogen) atoms. The van der Waals surface area contributed by atoms with Crippen molar-refractivity contribution in [1.29, 1.82) is 0 Å². The minimum absolute atomic E-state index is 0.127. The second-order valence-corrected chi connectivity index (χ2v) is 9.11. The van der Waals surface area contributed by atoms with Gasteiger partial charge in [-0.05, 0) is 62.7 Å². The van der Waals surface area contributed by atoms with Crippen LogP contribution in [0.25, 0.3) is 11.1 Å². The standard InChI is InChI=1S/C28H27FN4O/c1-4-27-24(9-7-19-6-5-18(2)31-15-19)23(11-12-30-27)20-8-10-25(26(29)13-20)28(34)33-17-21-14-22(33)16-32(21)3/h5-6,8,10-13,15,21-22H,4,14,16-17H2,1-3H3/t21-,22?/m0/s1. The van der Waals surface area contributed by atoms with Crippen LogP contribution in [-0.2, 0) is 6.42 Å². The first-order chi connectivity index (χ1) is 16.4. The number of fused-ring (bicyclic) bond motifs is 2. The second kappa shape index (κ2) is 9.00. The minimum atomic E-state index is -0.505. The molecule has 1 amide bonds. The van der Waals surface area contributed by atoms with Gasteiger partial charge >= 0.3 is 0 Å². The normalized spacial score (nSPS) is 19.2. The van der Waals surface area contributed by atoms with Crippen molar-refractivity contribution in [2.45, 2.75) is 38.8 Å². The Balaban J connectivity index is 1.47. The lowest BCUT2D eigenvalue weighted by Crippen LogP contribution is -2.47. The molecular formula is C28H27FN4O. The van der Waals surface area contributed by atoms with Crippen molar-refractivity contribution in [1.82, 2.24) is 19.8 Å². The van der Waals surface area contributed by atoms with Gasteiger partial charge in [0.1, 0.15) is 5.82 Å². The van der Waals surface area contributed by atoms with Crippen molar-refractivity contribution in [3.05, 3.63) is 82.7 Å². The van der Waals surface area contributed by atoms with Crippen molar-refractivity contribution >= 4 is 5.91 Å². The van der Waals surface area contributed by atoms with Gasteiger partial charge in [-0.3, -0.25) is 19.7 Å². The summed E-state index contributed by atoms with van der Waals surface area (Å²) >= 11 is 0. The van der Waals surface area contributed by atoms with Gasteiger partial charge in [-0.1, -0.05) is 24.8 Å². The Morgan fingerprint density at radius 3 is 2.62 bits per heavy atom. The number of benzene rings is 1. The second-order valence-electron chi connectivity index (χ2n) is 9.11. The lowest BCUT2D eigenvalue weighted by Gasteiger charge is -2.32. The number of hydrogen-bond donors (Lipinski definition) is 0. The van der Waals surface area contributed by atoms with Crippen molar-refractivity contribution in [2.75, 3.05) is 20.1 Å². The lowest BCUT2D eigenvalue weighted by molar-refractivity contribution is 0.0646. The van der Waals surface area contributed by atoms with E-state index in [4.69, 9.17) is 0 Å². The smallest absolute Gasteiger partial charge is 0.257 e. The fourth-order valence-electron chi connectivity index (χ4n) is 4.96. The summed E-state index contributed by atoms with van der Waals surface area (Å²) in [5.41, 5.74) is 4.97. The third kappa shape index (κ3) is 4.08. The molecule has 2 atom stereocenters. The number of piperazine rings is 1. The average molecular weight is 455 g/mol. The Hall–Kier alpha value is -3.56. The summed E-state index contributed by atoms with van der Waals surface area (Å²) in [4.78, 5) is 26.0. The van der Waals surface area contributed by atoms with Crippen LogP contribution in [0, 0.1) is 24.6 Å². The number of rotatable bonds is 3. The first-order valence-corrected chi connectivity index (χ1v) is 11.7. The van der Waals surface area contributed by atoms with Crippen molar-refractivity contribution in [3.63, 3.8) is 0 Å². The Bertz CT molecular complexity index is 1310. The molecule has 2 aliphatic heterocycles. The zero-order valence-electron chi connectivity index (χ0n) is 19.7. The number of aromatic nitrogens is 2. The fraction of sp³-hybridized carbons (Fsp3) is 0.321. The number of likely N-dealkylation sites (N-methyl/N-ethyl adjacent to an activating group) is 1. The Morgan fingerprint density at radius 1 is 1.12 bits per heavy atom. The Morgan fingerprint density at radius 2 is 1.97 bits per heavy atom. The summed E-state index contributed by atoms with van der Waals surface area (Å²) in [6.07, 6.45) is 5.14. The zero-order chi connectivity index (χ0) is 23.8. The van der Waals surface area contributed by atoms with Gasteiger partial charge in [-0.15, -0.1) is 0 Å². The predicted octanol–water partition coefficient (Wildman–Crippen LogP) is 4.08. The van der Waals surface area contributed by atoms with E-state index >= 15 is 4.39 Å². The Labute approximate surface area is 199 Å². The van der Waals surface area contributed by atoms with Gasteiger partial charge in [0, 0.05) is 54.4 Å². The van der Waals surface area contributed by atoms with Crippen molar-refractivity contribution in [2.24, 2.45) is 0 Å². The monoisotopic (exact) mass is 454 g/mol. The first-order valence-electron chi connectivity index (χ1n) is 11.7. The number of carbonyl (C=O) groups is 1. The highest BCUT2D eigenvalue weighted by atomic mass is 19.1. The quantitative estimate of drug-likeness (QED) is 0.560. The molecule has 0 aliphatic carbocycles. The summed E-state index contributed by atoms with van der Waals surface area (Å²) in [6, 6.07) is 11.1. The number of pyridine rings is 2. The molecule has 2 fully saturated rings. The van der Waals surface area contributed by atoms with Crippen LogP contribution in [0.3, 0.4) is 0 Å². The molecule has 1 aromatic carbocycles. The molecule has 2 aliphatic rings. The molecule has 3 aromatic rings. The topological polar surface area (TPSA) is 49.3 Å². The van der Waals surface area contributed by atoms with Gasteiger partial charge in [-0.2, -0.15) is 0 Å². The molecule has 5 nitrogen and oxygen atoms in total. The molecule has 4 heterocycles. The molecule has 5 rings (SSSR count). The number of likely N-dealkylation sites (tertiary alicyclic amines) is 2. The van der Waals surface area contributed by atoms with E-state index in [1.165, 1.54) is 6.07 Å². The van der Waals surface area contributed by atoms with Crippen LogP contribution in [0.5, 0.6) is 0 Å². The molecule has 1 unspecified atom stereocenters.